The molecular formula is C50H58F2N10O5. The number of imide groups is 1. The van der Waals surface area contributed by atoms with Crippen LogP contribution >= 0.6 is 0 Å². The van der Waals surface area contributed by atoms with E-state index in [4.69, 9.17) is 9.84 Å². The molecule has 6 aliphatic heterocycles. The van der Waals surface area contributed by atoms with Gasteiger partial charge in [0.05, 0.1) is 24.7 Å². The smallest absolute Gasteiger partial charge is 0.271 e. The Kier molecular flexibility index (Phi) is 12.0. The molecule has 0 radical (unpaired) electrons. The van der Waals surface area contributed by atoms with Crippen LogP contribution in [0.4, 0.5) is 26.0 Å². The first-order chi connectivity index (χ1) is 32.5. The van der Waals surface area contributed by atoms with Gasteiger partial charge in [-0.2, -0.15) is 0 Å². The topological polar surface area (TPSA) is 166 Å². The number of fused-ring (bicyclic) bond motifs is 4. The molecule has 11 rings (SSSR count). The normalized spacial score (nSPS) is 22.6. The summed E-state index contributed by atoms with van der Waals surface area (Å²) in [5.41, 5.74) is 6.68. The second-order valence-electron chi connectivity index (χ2n) is 18.8. The van der Waals surface area contributed by atoms with Gasteiger partial charge in [0.2, 0.25) is 11.8 Å². The number of imidazole rings is 1. The summed E-state index contributed by atoms with van der Waals surface area (Å²) >= 11 is 0. The van der Waals surface area contributed by atoms with Crippen molar-refractivity contribution in [2.24, 2.45) is 5.41 Å². The lowest BCUT2D eigenvalue weighted by molar-refractivity contribution is -0.184. The molecule has 67 heavy (non-hydrogen) atoms. The summed E-state index contributed by atoms with van der Waals surface area (Å²) in [4.78, 5) is 61.1. The summed E-state index contributed by atoms with van der Waals surface area (Å²) in [6.07, 6.45) is 14.9. The molecule has 4 N–H and O–H groups in total. The van der Waals surface area contributed by atoms with E-state index in [0.29, 0.717) is 86.2 Å². The number of hydrogen-bond donors (Lipinski definition) is 4. The number of halogens is 2. The van der Waals surface area contributed by atoms with Crippen LogP contribution in [-0.2, 0) is 22.4 Å². The predicted octanol–water partition coefficient (Wildman–Crippen LogP) is 6.19. The van der Waals surface area contributed by atoms with Crippen molar-refractivity contribution >= 4 is 46.5 Å². The number of carbonyl (C=O) groups excluding carboxylic acids is 4. The SMILES string of the molecule is C1CC1.CCc1ccc(C(=O)N2CCC3(CCN(CC4=CNC(c5cccc6c5CCN6c5nn6c(C(=O)NC)cnc6c6c5OCCN6)C=C4)CC3(F)F)CC2)cc1C1CCC(=O)NC1=O. The number of carbonyl (C=O) groups is 4. The number of likely N-dealkylation sites (tertiary alicyclic amines) is 2. The molecule has 15 nitrogen and oxygen atoms in total. The number of aromatic nitrogens is 3. The maximum Gasteiger partial charge on any atom is 0.271 e. The van der Waals surface area contributed by atoms with E-state index in [2.05, 4.69) is 49.4 Å². The Morgan fingerprint density at radius 3 is 2.52 bits per heavy atom. The molecule has 0 bridgehead atoms. The molecule has 2 aromatic heterocycles. The number of nitrogens with one attached hydrogen (secondary N) is 4. The molecule has 4 amide bonds. The summed E-state index contributed by atoms with van der Waals surface area (Å²) in [7, 11) is 1.57. The minimum absolute atomic E-state index is 0.123. The van der Waals surface area contributed by atoms with E-state index in [9.17, 15) is 19.2 Å². The Balaban J connectivity index is 0.00000168. The fourth-order valence-electron chi connectivity index (χ4n) is 10.6. The van der Waals surface area contributed by atoms with Gasteiger partial charge in [0.25, 0.3) is 17.7 Å². The molecule has 1 saturated carbocycles. The molecule has 2 atom stereocenters. The van der Waals surface area contributed by atoms with Gasteiger partial charge in [0, 0.05) is 69.1 Å². The quantitative estimate of drug-likeness (QED) is 0.149. The number of anilines is 3. The molecule has 17 heteroatoms. The Labute approximate surface area is 388 Å². The van der Waals surface area contributed by atoms with Crippen molar-refractivity contribution in [2.45, 2.75) is 89.0 Å². The van der Waals surface area contributed by atoms with Gasteiger partial charge < -0.3 is 30.5 Å². The first-order valence-electron chi connectivity index (χ1n) is 23.9. The Hall–Kier alpha value is -6.36. The standard InChI is InChI=1S/C47H52F2N10O5.C3H6/c1-3-29-8-9-30(23-34(29)33-10-12-38(60)54-43(33)61)45(63)57-20-15-46(16-21-57)14-19-56(27-47(46,48)49)26-28-7-11-35(52-24-28)31-5-4-6-36-32(31)13-18-58(36)42-40-39(51-17-22-64-40)41-53-25-37(44(62)50-2)59(41)55-42;1-2-3-1/h4-9,11,23-25,33,35,51-52H,3,10,12-22,26-27H2,1-2H3,(H,50,62)(H,54,60,61);1-3H2. The van der Waals surface area contributed by atoms with Crippen LogP contribution < -0.4 is 30.9 Å². The molecule has 4 aromatic rings. The Bertz CT molecular complexity index is 2680. The Morgan fingerprint density at radius 2 is 1.81 bits per heavy atom. The largest absolute Gasteiger partial charge is 0.486 e. The lowest BCUT2D eigenvalue weighted by atomic mass is 9.68. The molecule has 8 heterocycles. The van der Waals surface area contributed by atoms with Gasteiger partial charge in [-0.15, -0.1) is 5.10 Å². The summed E-state index contributed by atoms with van der Waals surface area (Å²) in [5, 5.41) is 16.9. The summed E-state index contributed by atoms with van der Waals surface area (Å²) in [5.74, 6) is -3.41. The molecule has 352 valence electrons. The van der Waals surface area contributed by atoms with Gasteiger partial charge in [-0.1, -0.05) is 56.5 Å². The van der Waals surface area contributed by atoms with Crippen LogP contribution in [0, 0.1) is 5.41 Å². The number of amides is 4. The molecule has 1 spiro atoms. The number of nitrogens with zero attached hydrogens (tertiary/aromatic N) is 6. The highest BCUT2D eigenvalue weighted by Gasteiger charge is 2.57. The fraction of sp³-hybridized carbons (Fsp3) is 0.480. The van der Waals surface area contributed by atoms with E-state index in [1.54, 1.807) is 28.6 Å². The van der Waals surface area contributed by atoms with Gasteiger partial charge >= 0.3 is 0 Å². The van der Waals surface area contributed by atoms with Crippen LogP contribution in [0.25, 0.3) is 5.65 Å². The van der Waals surface area contributed by atoms with E-state index in [1.165, 1.54) is 25.5 Å². The van der Waals surface area contributed by atoms with Crippen molar-refractivity contribution in [1.29, 1.82) is 0 Å². The second-order valence-corrected chi connectivity index (χ2v) is 18.8. The number of dihydropyridines is 1. The first-order valence-corrected chi connectivity index (χ1v) is 23.9. The van der Waals surface area contributed by atoms with E-state index >= 15 is 8.78 Å². The number of benzene rings is 2. The van der Waals surface area contributed by atoms with Crippen LogP contribution in [-0.4, -0.2) is 113 Å². The molecule has 7 aliphatic rings. The van der Waals surface area contributed by atoms with Crippen LogP contribution in [0.3, 0.4) is 0 Å². The maximum absolute atomic E-state index is 16.3. The van der Waals surface area contributed by atoms with E-state index in [0.717, 1.165) is 39.9 Å². The highest BCUT2D eigenvalue weighted by molar-refractivity contribution is 6.02. The zero-order valence-electron chi connectivity index (χ0n) is 38.1. The first kappa shape index (κ1) is 44.5. The van der Waals surface area contributed by atoms with Gasteiger partial charge in [0.1, 0.15) is 12.3 Å². The van der Waals surface area contributed by atoms with Gasteiger partial charge in [0.15, 0.2) is 22.9 Å². The summed E-state index contributed by atoms with van der Waals surface area (Å²) in [6, 6.07) is 11.5. The average molecular weight is 917 g/mol. The van der Waals surface area contributed by atoms with Crippen LogP contribution in [0.2, 0.25) is 0 Å². The number of piperidine rings is 3. The van der Waals surface area contributed by atoms with E-state index in [-0.39, 0.29) is 68.6 Å². The predicted molar refractivity (Wildman–Crippen MR) is 249 cm³/mol. The third-order valence-corrected chi connectivity index (χ3v) is 14.6. The second kappa shape index (κ2) is 18.0. The zero-order valence-corrected chi connectivity index (χ0v) is 38.1. The molecule has 3 saturated heterocycles. The van der Waals surface area contributed by atoms with Crippen molar-refractivity contribution in [3.8, 4) is 5.75 Å². The van der Waals surface area contributed by atoms with Gasteiger partial charge in [-0.05, 0) is 91.1 Å². The average Bonchev–Trinajstić information content (AvgIpc) is 4.07. The van der Waals surface area contributed by atoms with Crippen molar-refractivity contribution in [3.63, 3.8) is 0 Å². The highest BCUT2D eigenvalue weighted by atomic mass is 19.3. The third-order valence-electron chi connectivity index (χ3n) is 14.6. The van der Waals surface area contributed by atoms with Crippen LogP contribution in [0.5, 0.6) is 5.75 Å². The number of ether oxygens (including phenoxy) is 1. The highest BCUT2D eigenvalue weighted by Crippen LogP contribution is 2.51. The van der Waals surface area contributed by atoms with Gasteiger partial charge in [-0.3, -0.25) is 29.4 Å². The molecular weight excluding hydrogens is 859 g/mol. The molecule has 4 fully saturated rings. The summed E-state index contributed by atoms with van der Waals surface area (Å²) in [6.45, 7) is 4.74. The number of aryl methyl sites for hydroxylation is 1. The van der Waals surface area contributed by atoms with Crippen molar-refractivity contribution in [1.82, 2.24) is 40.3 Å². The fourth-order valence-corrected chi connectivity index (χ4v) is 10.6. The summed E-state index contributed by atoms with van der Waals surface area (Å²) < 4.78 is 40.3. The molecule has 2 unspecified atom stereocenters. The number of hydrogen-bond acceptors (Lipinski definition) is 11. The third kappa shape index (κ3) is 8.39. The number of rotatable bonds is 8. The van der Waals surface area contributed by atoms with Gasteiger partial charge in [-0.25, -0.2) is 18.3 Å². The lowest BCUT2D eigenvalue weighted by Crippen LogP contribution is -2.59. The number of alkyl halides is 2. The zero-order chi connectivity index (χ0) is 46.5. The van der Waals surface area contributed by atoms with Crippen LogP contribution in [0.15, 0.2) is 66.5 Å². The minimum Gasteiger partial charge on any atom is -0.486 e. The van der Waals surface area contributed by atoms with Crippen molar-refractivity contribution < 1.29 is 32.7 Å². The van der Waals surface area contributed by atoms with Crippen molar-refractivity contribution in [3.05, 3.63) is 100 Å². The molecule has 1 aliphatic carbocycles. The van der Waals surface area contributed by atoms with E-state index in [1.807, 2.05) is 36.2 Å². The monoisotopic (exact) mass is 916 g/mol. The maximum atomic E-state index is 16.3. The van der Waals surface area contributed by atoms with Crippen molar-refractivity contribution in [2.75, 3.05) is 69.7 Å². The lowest BCUT2D eigenvalue weighted by Gasteiger charge is -2.51. The Morgan fingerprint density at radius 1 is 1.00 bits per heavy atom. The molecule has 2 aromatic carbocycles. The van der Waals surface area contributed by atoms with E-state index < -0.39 is 17.3 Å². The van der Waals surface area contributed by atoms with Crippen LogP contribution in [0.1, 0.15) is 113 Å². The minimum atomic E-state index is -2.94.